The standard InChI is InChI=1S/C27H31N5O2/c1-17(31-12-11-21(33)16-31)20-8-10-25-29-30-26(32(25)15-20)22-9-7-19-6-5-18(13-23(19)28-22)14-24(34)27(2,3)4/h5-10,13,15,17,21,33H,11-12,14,16H2,1-4H3/t17-,21-/m0/s1. The molecule has 0 radical (unpaired) electrons. The van der Waals surface area contributed by atoms with Crippen molar-refractivity contribution in [1.82, 2.24) is 24.5 Å². The van der Waals surface area contributed by atoms with E-state index >= 15 is 0 Å². The second kappa shape index (κ2) is 8.56. The quantitative estimate of drug-likeness (QED) is 0.483. The third kappa shape index (κ3) is 4.33. The molecule has 1 aliphatic rings. The molecule has 2 atom stereocenters. The van der Waals surface area contributed by atoms with Crippen LogP contribution in [0.3, 0.4) is 0 Å². The van der Waals surface area contributed by atoms with Gasteiger partial charge in [0.2, 0.25) is 0 Å². The Balaban J connectivity index is 1.49. The highest BCUT2D eigenvalue weighted by Gasteiger charge is 2.26. The Labute approximate surface area is 199 Å². The highest BCUT2D eigenvalue weighted by Crippen LogP contribution is 2.27. The molecule has 4 heterocycles. The highest BCUT2D eigenvalue weighted by atomic mass is 16.3. The van der Waals surface area contributed by atoms with Gasteiger partial charge >= 0.3 is 0 Å². The predicted octanol–water partition coefficient (Wildman–Crippen LogP) is 4.23. The Hall–Kier alpha value is -3.16. The summed E-state index contributed by atoms with van der Waals surface area (Å²) in [6, 6.07) is 14.3. The number of aliphatic hydroxyl groups is 1. The molecule has 1 aliphatic heterocycles. The summed E-state index contributed by atoms with van der Waals surface area (Å²) in [7, 11) is 0. The molecule has 1 fully saturated rings. The lowest BCUT2D eigenvalue weighted by molar-refractivity contribution is -0.125. The molecule has 3 aromatic heterocycles. The number of pyridine rings is 2. The van der Waals surface area contributed by atoms with Gasteiger partial charge in [-0.15, -0.1) is 10.2 Å². The van der Waals surface area contributed by atoms with Gasteiger partial charge in [-0.3, -0.25) is 14.1 Å². The molecule has 34 heavy (non-hydrogen) atoms. The van der Waals surface area contributed by atoms with Crippen molar-refractivity contribution in [2.45, 2.75) is 52.7 Å². The summed E-state index contributed by atoms with van der Waals surface area (Å²) < 4.78 is 1.99. The van der Waals surface area contributed by atoms with Crippen LogP contribution in [0.1, 0.15) is 51.3 Å². The normalized spacial score (nSPS) is 18.1. The van der Waals surface area contributed by atoms with E-state index in [0.29, 0.717) is 18.8 Å². The monoisotopic (exact) mass is 457 g/mol. The fourth-order valence-electron chi connectivity index (χ4n) is 4.51. The second-order valence-electron chi connectivity index (χ2n) is 10.4. The number of benzene rings is 1. The minimum atomic E-state index is -0.368. The summed E-state index contributed by atoms with van der Waals surface area (Å²) in [5, 5.41) is 19.7. The zero-order valence-corrected chi connectivity index (χ0v) is 20.2. The fourth-order valence-corrected chi connectivity index (χ4v) is 4.51. The van der Waals surface area contributed by atoms with Crippen LogP contribution in [0.25, 0.3) is 28.1 Å². The minimum Gasteiger partial charge on any atom is -0.392 e. The first kappa shape index (κ1) is 22.6. The minimum absolute atomic E-state index is 0.185. The van der Waals surface area contributed by atoms with Crippen molar-refractivity contribution in [3.05, 3.63) is 59.8 Å². The van der Waals surface area contributed by atoms with E-state index in [0.717, 1.165) is 46.3 Å². The van der Waals surface area contributed by atoms with Crippen molar-refractivity contribution in [3.8, 4) is 11.5 Å². The van der Waals surface area contributed by atoms with Crippen LogP contribution in [-0.2, 0) is 11.2 Å². The number of carbonyl (C=O) groups excluding carboxylic acids is 1. The third-order valence-corrected chi connectivity index (χ3v) is 6.84. The van der Waals surface area contributed by atoms with Crippen molar-refractivity contribution >= 4 is 22.3 Å². The summed E-state index contributed by atoms with van der Waals surface area (Å²) in [5.74, 6) is 0.891. The Morgan fingerprint density at radius 2 is 1.94 bits per heavy atom. The topological polar surface area (TPSA) is 83.6 Å². The first-order chi connectivity index (χ1) is 16.2. The number of aromatic nitrogens is 4. The van der Waals surface area contributed by atoms with Gasteiger partial charge in [-0.2, -0.15) is 0 Å². The van der Waals surface area contributed by atoms with Crippen LogP contribution in [0.5, 0.6) is 0 Å². The van der Waals surface area contributed by atoms with E-state index in [1.807, 2.05) is 61.6 Å². The number of nitrogens with zero attached hydrogens (tertiary/aromatic N) is 5. The van der Waals surface area contributed by atoms with E-state index in [9.17, 15) is 9.90 Å². The molecule has 4 aromatic rings. The first-order valence-corrected chi connectivity index (χ1v) is 11.9. The van der Waals surface area contributed by atoms with Gasteiger partial charge in [0.1, 0.15) is 11.5 Å². The molecule has 0 spiro atoms. The number of carbonyl (C=O) groups is 1. The predicted molar refractivity (Wildman–Crippen MR) is 133 cm³/mol. The lowest BCUT2D eigenvalue weighted by Gasteiger charge is -2.24. The molecule has 1 N–H and O–H groups in total. The SMILES string of the molecule is C[C@@H](c1ccc2nnc(-c3ccc4ccc(CC(=O)C(C)(C)C)cc4n3)n2c1)N1CC[C@H](O)C1. The maximum absolute atomic E-state index is 12.5. The van der Waals surface area contributed by atoms with Crippen LogP contribution in [0.15, 0.2) is 48.7 Å². The van der Waals surface area contributed by atoms with Crippen LogP contribution in [-0.4, -0.2) is 54.6 Å². The number of β-amino-alcohol motifs (C(OH)–C–C–N with tert-alkyl or cyclic N) is 1. The van der Waals surface area contributed by atoms with E-state index in [2.05, 4.69) is 34.3 Å². The molecule has 0 bridgehead atoms. The van der Waals surface area contributed by atoms with E-state index in [1.165, 1.54) is 0 Å². The Bertz CT molecular complexity index is 1370. The number of hydrogen-bond acceptors (Lipinski definition) is 6. The van der Waals surface area contributed by atoms with E-state index < -0.39 is 0 Å². The number of hydrogen-bond donors (Lipinski definition) is 1. The number of ketones is 1. The average Bonchev–Trinajstić information content (AvgIpc) is 3.43. The van der Waals surface area contributed by atoms with Crippen LogP contribution in [0.4, 0.5) is 0 Å². The van der Waals surface area contributed by atoms with E-state index in [4.69, 9.17) is 4.98 Å². The van der Waals surface area contributed by atoms with Gasteiger partial charge in [-0.25, -0.2) is 4.98 Å². The third-order valence-electron chi connectivity index (χ3n) is 6.84. The van der Waals surface area contributed by atoms with Gasteiger partial charge in [-0.1, -0.05) is 45.0 Å². The lowest BCUT2D eigenvalue weighted by Crippen LogP contribution is -2.25. The van der Waals surface area contributed by atoms with Crippen molar-refractivity contribution in [2.24, 2.45) is 5.41 Å². The molecule has 0 amide bonds. The average molecular weight is 458 g/mol. The smallest absolute Gasteiger partial charge is 0.187 e. The molecule has 5 rings (SSSR count). The zero-order chi connectivity index (χ0) is 24.0. The maximum atomic E-state index is 12.5. The number of rotatable bonds is 5. The molecule has 0 unspecified atom stereocenters. The molecule has 0 aliphatic carbocycles. The Morgan fingerprint density at radius 1 is 1.15 bits per heavy atom. The first-order valence-electron chi connectivity index (χ1n) is 11.9. The number of fused-ring (bicyclic) bond motifs is 2. The van der Waals surface area contributed by atoms with Crippen molar-refractivity contribution < 1.29 is 9.90 Å². The maximum Gasteiger partial charge on any atom is 0.187 e. The van der Waals surface area contributed by atoms with E-state index in [-0.39, 0.29) is 23.3 Å². The summed E-state index contributed by atoms with van der Waals surface area (Å²) in [4.78, 5) is 19.7. The lowest BCUT2D eigenvalue weighted by atomic mass is 9.87. The summed E-state index contributed by atoms with van der Waals surface area (Å²) in [5.41, 5.74) is 4.08. The van der Waals surface area contributed by atoms with Crippen molar-refractivity contribution in [1.29, 1.82) is 0 Å². The van der Waals surface area contributed by atoms with Gasteiger partial charge in [0, 0.05) is 42.6 Å². The summed E-state index contributed by atoms with van der Waals surface area (Å²) in [6.45, 7) is 9.60. The summed E-state index contributed by atoms with van der Waals surface area (Å²) >= 11 is 0. The zero-order valence-electron chi connectivity index (χ0n) is 20.2. The van der Waals surface area contributed by atoms with Crippen molar-refractivity contribution in [2.75, 3.05) is 13.1 Å². The number of Topliss-reactive ketones (excluding diaryl/α,β-unsaturated/α-hetero) is 1. The van der Waals surface area contributed by atoms with Gasteiger partial charge in [0.05, 0.1) is 11.6 Å². The van der Waals surface area contributed by atoms with Gasteiger partial charge in [-0.05, 0) is 42.7 Å². The van der Waals surface area contributed by atoms with Crippen LogP contribution < -0.4 is 0 Å². The van der Waals surface area contributed by atoms with Crippen LogP contribution in [0.2, 0.25) is 0 Å². The molecule has 1 saturated heterocycles. The molecular formula is C27H31N5O2. The molecule has 7 heteroatoms. The molecule has 176 valence electrons. The Kier molecular flexibility index (Phi) is 5.70. The van der Waals surface area contributed by atoms with Crippen LogP contribution >= 0.6 is 0 Å². The summed E-state index contributed by atoms with van der Waals surface area (Å²) in [6.07, 6.45) is 3.03. The number of aliphatic hydroxyl groups excluding tert-OH is 1. The van der Waals surface area contributed by atoms with Crippen molar-refractivity contribution in [3.63, 3.8) is 0 Å². The van der Waals surface area contributed by atoms with Gasteiger partial charge < -0.3 is 5.11 Å². The molecule has 1 aromatic carbocycles. The van der Waals surface area contributed by atoms with E-state index in [1.54, 1.807) is 0 Å². The van der Waals surface area contributed by atoms with Gasteiger partial charge in [0.15, 0.2) is 11.5 Å². The highest BCUT2D eigenvalue weighted by molar-refractivity contribution is 5.88. The fraction of sp³-hybridized carbons (Fsp3) is 0.407. The number of likely N-dealkylation sites (tertiary alicyclic amines) is 1. The van der Waals surface area contributed by atoms with Gasteiger partial charge in [0.25, 0.3) is 0 Å². The largest absolute Gasteiger partial charge is 0.392 e. The molecule has 7 nitrogen and oxygen atoms in total. The second-order valence-corrected chi connectivity index (χ2v) is 10.4. The molecular weight excluding hydrogens is 426 g/mol. The van der Waals surface area contributed by atoms with Crippen LogP contribution in [0, 0.1) is 5.41 Å². The Morgan fingerprint density at radius 3 is 2.68 bits per heavy atom. The molecule has 0 saturated carbocycles.